The number of imidazole rings is 1. The van der Waals surface area contributed by atoms with E-state index in [0.29, 0.717) is 10.4 Å². The van der Waals surface area contributed by atoms with Crippen LogP contribution in [-0.4, -0.2) is 32.5 Å². The maximum absolute atomic E-state index is 10.6. The number of nitro groups is 1. The zero-order valence-corrected chi connectivity index (χ0v) is 7.17. The molecule has 0 saturated carbocycles. The molecule has 0 aliphatic rings. The summed E-state index contributed by atoms with van der Waals surface area (Å²) in [5, 5.41) is 20.9. The largest absolute Gasteiger partial charge is 0.624 e. The van der Waals surface area contributed by atoms with Crippen LogP contribution >= 0.6 is 0 Å². The third-order valence-electron chi connectivity index (χ3n) is 1.48. The number of hydrogen-bond donors (Lipinski definition) is 0. The van der Waals surface area contributed by atoms with E-state index in [1.54, 1.807) is 0 Å². The van der Waals surface area contributed by atoms with Crippen molar-refractivity contribution in [1.29, 1.82) is 0 Å². The minimum absolute atomic E-state index is 0.284. The van der Waals surface area contributed by atoms with Gasteiger partial charge >= 0.3 is 5.95 Å². The Balaban J connectivity index is 3.14. The van der Waals surface area contributed by atoms with Crippen LogP contribution in [0.1, 0.15) is 5.69 Å². The van der Waals surface area contributed by atoms with E-state index in [0.717, 1.165) is 0 Å². The molecule has 0 unspecified atom stereocenters. The highest BCUT2D eigenvalue weighted by molar-refractivity contribution is 5.73. The van der Waals surface area contributed by atoms with Gasteiger partial charge in [0.2, 0.25) is 11.9 Å². The van der Waals surface area contributed by atoms with E-state index >= 15 is 0 Å². The summed E-state index contributed by atoms with van der Waals surface area (Å²) in [4.78, 5) is 13.3. The monoisotopic (exact) mass is 184 g/mol. The van der Waals surface area contributed by atoms with Gasteiger partial charge in [-0.3, -0.25) is 0 Å². The summed E-state index contributed by atoms with van der Waals surface area (Å²) < 4.78 is 1.79. The molecule has 0 aliphatic heterocycles. The van der Waals surface area contributed by atoms with Crippen LogP contribution in [0.25, 0.3) is 0 Å². The van der Waals surface area contributed by atoms with Crippen LogP contribution in [0.5, 0.6) is 0 Å². The maximum Gasteiger partial charge on any atom is 0.435 e. The summed E-state index contributed by atoms with van der Waals surface area (Å²) in [7, 11) is 2.76. The first kappa shape index (κ1) is 9.17. The molecule has 70 valence electrons. The minimum Gasteiger partial charge on any atom is -0.624 e. The molecule has 0 atom stereocenters. The van der Waals surface area contributed by atoms with Crippen LogP contribution in [0, 0.1) is 15.3 Å². The molecule has 0 fully saturated rings. The smallest absolute Gasteiger partial charge is 0.435 e. The summed E-state index contributed by atoms with van der Waals surface area (Å²) >= 11 is 0. The molecule has 1 heterocycles. The number of hydrogen-bond acceptors (Lipinski definition) is 4. The highest BCUT2D eigenvalue weighted by Crippen LogP contribution is 2.08. The fourth-order valence-electron chi connectivity index (χ4n) is 0.888. The van der Waals surface area contributed by atoms with Gasteiger partial charge in [-0.25, -0.2) is 9.31 Å². The molecule has 0 aromatic carbocycles. The molecular weight excluding hydrogens is 176 g/mol. The number of nitrogens with zero attached hydrogens (tertiary/aromatic N) is 4. The SMILES string of the molecule is Cn1c(/C=[N+](\C)[O-])cnc1[N+](=O)[O-]. The fourth-order valence-corrected chi connectivity index (χ4v) is 0.888. The Labute approximate surface area is 73.7 Å². The Hall–Kier alpha value is -1.92. The van der Waals surface area contributed by atoms with Crippen molar-refractivity contribution in [2.45, 2.75) is 0 Å². The van der Waals surface area contributed by atoms with Gasteiger partial charge in [-0.2, -0.15) is 0 Å². The quantitative estimate of drug-likeness (QED) is 0.211. The van der Waals surface area contributed by atoms with E-state index in [4.69, 9.17) is 0 Å². The molecule has 0 amide bonds. The lowest BCUT2D eigenvalue weighted by atomic mass is 10.5. The molecule has 0 aliphatic carbocycles. The van der Waals surface area contributed by atoms with E-state index in [-0.39, 0.29) is 5.95 Å². The topological polar surface area (TPSA) is 87.0 Å². The van der Waals surface area contributed by atoms with Crippen molar-refractivity contribution in [3.8, 4) is 0 Å². The molecule has 0 N–H and O–H groups in total. The first-order valence-corrected chi connectivity index (χ1v) is 3.43. The van der Waals surface area contributed by atoms with Gasteiger partial charge in [0.25, 0.3) is 0 Å². The number of rotatable bonds is 2. The normalized spacial score (nSPS) is 11.7. The molecule has 13 heavy (non-hydrogen) atoms. The van der Waals surface area contributed by atoms with Crippen molar-refractivity contribution >= 4 is 12.2 Å². The predicted molar refractivity (Wildman–Crippen MR) is 44.6 cm³/mol. The second kappa shape index (κ2) is 3.21. The van der Waals surface area contributed by atoms with Crippen molar-refractivity contribution in [3.63, 3.8) is 0 Å². The van der Waals surface area contributed by atoms with E-state index in [1.165, 1.54) is 31.1 Å². The summed E-state index contributed by atoms with van der Waals surface area (Å²) in [5.41, 5.74) is 0.393. The number of aromatic nitrogens is 2. The fraction of sp³-hybridized carbons (Fsp3) is 0.333. The molecule has 1 aromatic heterocycles. The van der Waals surface area contributed by atoms with Gasteiger partial charge in [-0.05, 0) is 4.92 Å². The second-order valence-electron chi connectivity index (χ2n) is 2.47. The first-order chi connectivity index (χ1) is 6.02. The zero-order valence-electron chi connectivity index (χ0n) is 7.17. The predicted octanol–water partition coefficient (Wildman–Crippen LogP) is -0.113. The lowest BCUT2D eigenvalue weighted by molar-refractivity contribution is -0.417. The zero-order chi connectivity index (χ0) is 10.0. The van der Waals surface area contributed by atoms with Crippen molar-refractivity contribution < 1.29 is 9.66 Å². The summed E-state index contributed by atoms with van der Waals surface area (Å²) in [6.45, 7) is 0. The van der Waals surface area contributed by atoms with E-state index in [2.05, 4.69) is 4.98 Å². The van der Waals surface area contributed by atoms with Crippen molar-refractivity contribution in [2.75, 3.05) is 7.05 Å². The average molecular weight is 184 g/mol. The number of hydroxylamine groups is 1. The molecule has 7 nitrogen and oxygen atoms in total. The van der Waals surface area contributed by atoms with Gasteiger partial charge in [-0.15, -0.1) is 0 Å². The Morgan fingerprint density at radius 1 is 1.62 bits per heavy atom. The van der Waals surface area contributed by atoms with Gasteiger partial charge in [0.15, 0.2) is 6.20 Å². The second-order valence-corrected chi connectivity index (χ2v) is 2.47. The minimum atomic E-state index is -0.609. The van der Waals surface area contributed by atoms with Gasteiger partial charge in [0.05, 0.1) is 7.05 Å². The molecule has 7 heteroatoms. The van der Waals surface area contributed by atoms with Crippen LogP contribution < -0.4 is 0 Å². The highest BCUT2D eigenvalue weighted by Gasteiger charge is 2.17. The lowest BCUT2D eigenvalue weighted by Gasteiger charge is -1.95. The van der Waals surface area contributed by atoms with Crippen molar-refractivity contribution in [1.82, 2.24) is 9.55 Å². The van der Waals surface area contributed by atoms with Gasteiger partial charge in [-0.1, -0.05) is 4.98 Å². The molecule has 0 saturated heterocycles. The standard InChI is InChI=1S/C6H8N4O3/c1-8(11)4-5-3-7-6(9(5)2)10(12)13/h3-4H,1-2H3/b8-4+. The Bertz CT molecular complexity index is 364. The molecule has 0 radical (unpaired) electrons. The molecule has 0 bridgehead atoms. The molecular formula is C6H8N4O3. The summed E-state index contributed by atoms with van der Waals surface area (Å²) in [6.07, 6.45) is 2.48. The maximum atomic E-state index is 10.6. The van der Waals surface area contributed by atoms with E-state index in [9.17, 15) is 15.3 Å². The summed E-state index contributed by atoms with van der Waals surface area (Å²) in [6, 6.07) is 0. The summed E-state index contributed by atoms with van der Waals surface area (Å²) in [5.74, 6) is -0.284. The molecule has 1 aromatic rings. The van der Waals surface area contributed by atoms with Gasteiger partial charge in [0.1, 0.15) is 7.05 Å². The van der Waals surface area contributed by atoms with Gasteiger partial charge < -0.3 is 15.3 Å². The lowest BCUT2D eigenvalue weighted by Crippen LogP contribution is -2.05. The molecule has 0 spiro atoms. The average Bonchev–Trinajstić information content (AvgIpc) is 2.32. The Kier molecular flexibility index (Phi) is 2.27. The Morgan fingerprint density at radius 2 is 2.23 bits per heavy atom. The van der Waals surface area contributed by atoms with Crippen LogP contribution in [0.4, 0.5) is 5.95 Å². The van der Waals surface area contributed by atoms with E-state index in [1.807, 2.05) is 0 Å². The first-order valence-electron chi connectivity index (χ1n) is 3.43. The van der Waals surface area contributed by atoms with Crippen LogP contribution in [0.15, 0.2) is 6.20 Å². The highest BCUT2D eigenvalue weighted by atomic mass is 16.6. The third-order valence-corrected chi connectivity index (χ3v) is 1.48. The molecule has 1 rings (SSSR count). The van der Waals surface area contributed by atoms with Crippen LogP contribution in [0.2, 0.25) is 0 Å². The van der Waals surface area contributed by atoms with E-state index < -0.39 is 4.92 Å². The van der Waals surface area contributed by atoms with Crippen LogP contribution in [-0.2, 0) is 7.05 Å². The van der Waals surface area contributed by atoms with Crippen molar-refractivity contribution in [3.05, 3.63) is 27.2 Å². The van der Waals surface area contributed by atoms with Gasteiger partial charge in [0, 0.05) is 0 Å². The third kappa shape index (κ3) is 1.81. The Morgan fingerprint density at radius 3 is 2.62 bits per heavy atom. The van der Waals surface area contributed by atoms with Crippen molar-refractivity contribution in [2.24, 2.45) is 7.05 Å². The van der Waals surface area contributed by atoms with Crippen LogP contribution in [0.3, 0.4) is 0 Å².